The van der Waals surface area contributed by atoms with Crippen molar-refractivity contribution in [1.82, 2.24) is 5.32 Å². The Kier molecular flexibility index (Phi) is 3.86. The molecule has 2 rings (SSSR count). The fourth-order valence-corrected chi connectivity index (χ4v) is 2.04. The maximum absolute atomic E-state index is 5.89. The van der Waals surface area contributed by atoms with Crippen LogP contribution in [0.15, 0.2) is 18.2 Å². The molecule has 0 bridgehead atoms. The van der Waals surface area contributed by atoms with Crippen LogP contribution >= 0.6 is 0 Å². The maximum Gasteiger partial charge on any atom is 0.161 e. The SMILES string of the molecule is COc1ccc(C2CNCC(C)O2)cc1OC. The minimum absolute atomic E-state index is 0.0820. The summed E-state index contributed by atoms with van der Waals surface area (Å²) in [4.78, 5) is 0. The maximum atomic E-state index is 5.89. The quantitative estimate of drug-likeness (QED) is 0.869. The van der Waals surface area contributed by atoms with E-state index in [9.17, 15) is 0 Å². The Hall–Kier alpha value is -1.26. The van der Waals surface area contributed by atoms with E-state index in [1.807, 2.05) is 18.2 Å². The van der Waals surface area contributed by atoms with Crippen molar-refractivity contribution in [2.75, 3.05) is 27.3 Å². The number of benzene rings is 1. The van der Waals surface area contributed by atoms with Gasteiger partial charge in [0.05, 0.1) is 26.4 Å². The van der Waals surface area contributed by atoms with Gasteiger partial charge in [0.2, 0.25) is 0 Å². The zero-order valence-electron chi connectivity index (χ0n) is 10.5. The van der Waals surface area contributed by atoms with Crippen LogP contribution in [0.1, 0.15) is 18.6 Å². The van der Waals surface area contributed by atoms with Gasteiger partial charge in [0, 0.05) is 13.1 Å². The first-order valence-electron chi connectivity index (χ1n) is 5.82. The molecule has 1 aliphatic heterocycles. The van der Waals surface area contributed by atoms with E-state index in [1.54, 1.807) is 14.2 Å². The lowest BCUT2D eigenvalue weighted by molar-refractivity contribution is -0.0288. The lowest BCUT2D eigenvalue weighted by atomic mass is 10.1. The van der Waals surface area contributed by atoms with E-state index in [2.05, 4.69) is 12.2 Å². The molecular weight excluding hydrogens is 218 g/mol. The van der Waals surface area contributed by atoms with E-state index in [0.717, 1.165) is 30.2 Å². The molecule has 1 N–H and O–H groups in total. The Morgan fingerprint density at radius 1 is 1.18 bits per heavy atom. The van der Waals surface area contributed by atoms with Crippen LogP contribution in [0.2, 0.25) is 0 Å². The Labute approximate surface area is 102 Å². The summed E-state index contributed by atoms with van der Waals surface area (Å²) in [5.41, 5.74) is 1.11. The van der Waals surface area contributed by atoms with E-state index in [1.165, 1.54) is 0 Å². The Balaban J connectivity index is 2.20. The van der Waals surface area contributed by atoms with Crippen LogP contribution in [0.25, 0.3) is 0 Å². The van der Waals surface area contributed by atoms with Crippen molar-refractivity contribution in [2.45, 2.75) is 19.1 Å². The molecule has 94 valence electrons. The molecule has 0 amide bonds. The molecular formula is C13H19NO3. The number of methoxy groups -OCH3 is 2. The van der Waals surface area contributed by atoms with E-state index in [4.69, 9.17) is 14.2 Å². The molecule has 1 saturated heterocycles. The van der Waals surface area contributed by atoms with Gasteiger partial charge in [-0.15, -0.1) is 0 Å². The van der Waals surface area contributed by atoms with Crippen LogP contribution < -0.4 is 14.8 Å². The number of morpholine rings is 1. The zero-order valence-corrected chi connectivity index (χ0v) is 10.5. The highest BCUT2D eigenvalue weighted by Gasteiger charge is 2.21. The molecule has 2 atom stereocenters. The monoisotopic (exact) mass is 237 g/mol. The summed E-state index contributed by atoms with van der Waals surface area (Å²) in [6.07, 6.45) is 0.320. The predicted molar refractivity (Wildman–Crippen MR) is 65.7 cm³/mol. The average Bonchev–Trinajstić information content (AvgIpc) is 2.38. The van der Waals surface area contributed by atoms with Crippen molar-refractivity contribution < 1.29 is 14.2 Å². The standard InChI is InChI=1S/C13H19NO3/c1-9-7-14-8-13(17-9)10-4-5-11(15-2)12(6-10)16-3/h4-6,9,13-14H,7-8H2,1-3H3. The normalized spacial score (nSPS) is 24.4. The van der Waals surface area contributed by atoms with Gasteiger partial charge in [-0.3, -0.25) is 0 Å². The second kappa shape index (κ2) is 5.38. The summed E-state index contributed by atoms with van der Waals surface area (Å²) in [5, 5.41) is 3.35. The minimum atomic E-state index is 0.0820. The third-order valence-electron chi connectivity index (χ3n) is 2.94. The molecule has 1 heterocycles. The molecule has 4 nitrogen and oxygen atoms in total. The van der Waals surface area contributed by atoms with Crippen LogP contribution in [0.5, 0.6) is 11.5 Å². The van der Waals surface area contributed by atoms with Gasteiger partial charge in [-0.05, 0) is 24.6 Å². The number of rotatable bonds is 3. The van der Waals surface area contributed by atoms with E-state index in [0.29, 0.717) is 0 Å². The van der Waals surface area contributed by atoms with Gasteiger partial charge in [-0.25, -0.2) is 0 Å². The Bertz CT molecular complexity index is 381. The predicted octanol–water partition coefficient (Wildman–Crippen LogP) is 1.75. The topological polar surface area (TPSA) is 39.7 Å². The van der Waals surface area contributed by atoms with Crippen molar-refractivity contribution >= 4 is 0 Å². The summed E-state index contributed by atoms with van der Waals surface area (Å²) in [7, 11) is 3.28. The first-order valence-corrected chi connectivity index (χ1v) is 5.82. The molecule has 0 aromatic heterocycles. The number of hydrogen-bond acceptors (Lipinski definition) is 4. The van der Waals surface area contributed by atoms with Gasteiger partial charge in [0.15, 0.2) is 11.5 Å². The van der Waals surface area contributed by atoms with Gasteiger partial charge < -0.3 is 19.5 Å². The highest BCUT2D eigenvalue weighted by atomic mass is 16.5. The highest BCUT2D eigenvalue weighted by Crippen LogP contribution is 2.31. The van der Waals surface area contributed by atoms with Crippen molar-refractivity contribution in [2.24, 2.45) is 0 Å². The Morgan fingerprint density at radius 3 is 2.59 bits per heavy atom. The molecule has 1 aliphatic rings. The largest absolute Gasteiger partial charge is 0.493 e. The molecule has 0 aliphatic carbocycles. The average molecular weight is 237 g/mol. The van der Waals surface area contributed by atoms with Gasteiger partial charge in [-0.2, -0.15) is 0 Å². The van der Waals surface area contributed by atoms with Crippen LogP contribution in [-0.2, 0) is 4.74 Å². The third-order valence-corrected chi connectivity index (χ3v) is 2.94. The molecule has 4 heteroatoms. The van der Waals surface area contributed by atoms with Crippen LogP contribution in [0.4, 0.5) is 0 Å². The smallest absolute Gasteiger partial charge is 0.161 e. The molecule has 0 spiro atoms. The number of hydrogen-bond donors (Lipinski definition) is 1. The fourth-order valence-electron chi connectivity index (χ4n) is 2.04. The van der Waals surface area contributed by atoms with Crippen molar-refractivity contribution in [3.63, 3.8) is 0 Å². The lowest BCUT2D eigenvalue weighted by Crippen LogP contribution is -2.38. The van der Waals surface area contributed by atoms with Crippen LogP contribution in [0.3, 0.4) is 0 Å². The van der Waals surface area contributed by atoms with Gasteiger partial charge in [0.1, 0.15) is 0 Å². The molecule has 1 aromatic carbocycles. The van der Waals surface area contributed by atoms with Crippen molar-refractivity contribution in [3.05, 3.63) is 23.8 Å². The van der Waals surface area contributed by atoms with E-state index >= 15 is 0 Å². The summed E-state index contributed by atoms with van der Waals surface area (Å²) < 4.78 is 16.4. The van der Waals surface area contributed by atoms with Gasteiger partial charge in [-0.1, -0.05) is 6.07 Å². The van der Waals surface area contributed by atoms with Crippen LogP contribution in [-0.4, -0.2) is 33.4 Å². The molecule has 17 heavy (non-hydrogen) atoms. The second-order valence-corrected chi connectivity index (χ2v) is 4.21. The van der Waals surface area contributed by atoms with Crippen molar-refractivity contribution in [3.8, 4) is 11.5 Å². The summed E-state index contributed by atoms with van der Waals surface area (Å²) >= 11 is 0. The molecule has 1 fully saturated rings. The number of nitrogens with one attached hydrogen (secondary N) is 1. The van der Waals surface area contributed by atoms with Gasteiger partial charge in [0.25, 0.3) is 0 Å². The van der Waals surface area contributed by atoms with E-state index < -0.39 is 0 Å². The first kappa shape index (κ1) is 12.2. The molecule has 0 saturated carbocycles. The molecule has 2 unspecified atom stereocenters. The lowest BCUT2D eigenvalue weighted by Gasteiger charge is -2.29. The summed E-state index contributed by atoms with van der Waals surface area (Å²) in [5.74, 6) is 1.49. The third kappa shape index (κ3) is 2.70. The summed E-state index contributed by atoms with van der Waals surface area (Å²) in [6, 6.07) is 5.91. The Morgan fingerprint density at radius 2 is 1.94 bits per heavy atom. The first-order chi connectivity index (χ1) is 8.24. The molecule has 0 radical (unpaired) electrons. The van der Waals surface area contributed by atoms with Gasteiger partial charge >= 0.3 is 0 Å². The zero-order chi connectivity index (χ0) is 12.3. The number of ether oxygens (including phenoxy) is 3. The van der Waals surface area contributed by atoms with Crippen molar-refractivity contribution in [1.29, 1.82) is 0 Å². The summed E-state index contributed by atoms with van der Waals surface area (Å²) in [6.45, 7) is 3.81. The second-order valence-electron chi connectivity index (χ2n) is 4.21. The molecule has 1 aromatic rings. The van der Waals surface area contributed by atoms with E-state index in [-0.39, 0.29) is 12.2 Å². The fraction of sp³-hybridized carbons (Fsp3) is 0.538. The minimum Gasteiger partial charge on any atom is -0.493 e. The van der Waals surface area contributed by atoms with Crippen LogP contribution in [0, 0.1) is 0 Å². The highest BCUT2D eigenvalue weighted by molar-refractivity contribution is 5.43.